The molecule has 0 amide bonds. The van der Waals surface area contributed by atoms with Crippen LogP contribution in [0.3, 0.4) is 0 Å². The van der Waals surface area contributed by atoms with Gasteiger partial charge in [0.15, 0.2) is 0 Å². The van der Waals surface area contributed by atoms with E-state index in [2.05, 4.69) is 35.6 Å². The SMILES string of the molecule is CC(/C=C/CC(C)CCCC(C)(O)/C=C/I)=C\C(=O)OC(C)C. The average molecular weight is 434 g/mol. The minimum atomic E-state index is -0.702. The largest absolute Gasteiger partial charge is 0.460 e. The van der Waals surface area contributed by atoms with Gasteiger partial charge >= 0.3 is 5.97 Å². The van der Waals surface area contributed by atoms with E-state index < -0.39 is 5.60 Å². The monoisotopic (exact) mass is 434 g/mol. The lowest BCUT2D eigenvalue weighted by molar-refractivity contribution is -0.141. The summed E-state index contributed by atoms with van der Waals surface area (Å²) < 4.78 is 6.94. The van der Waals surface area contributed by atoms with Crippen molar-refractivity contribution in [2.24, 2.45) is 5.92 Å². The van der Waals surface area contributed by atoms with E-state index in [1.807, 2.05) is 43.9 Å². The van der Waals surface area contributed by atoms with Crippen molar-refractivity contribution in [3.63, 3.8) is 0 Å². The number of carbonyl (C=O) groups is 1. The molecule has 2 atom stereocenters. The van der Waals surface area contributed by atoms with Crippen molar-refractivity contribution < 1.29 is 14.6 Å². The first-order valence-corrected chi connectivity index (χ1v) is 9.46. The van der Waals surface area contributed by atoms with E-state index in [1.54, 1.807) is 0 Å². The van der Waals surface area contributed by atoms with Crippen molar-refractivity contribution in [1.82, 2.24) is 0 Å². The van der Waals surface area contributed by atoms with Gasteiger partial charge in [-0.2, -0.15) is 0 Å². The van der Waals surface area contributed by atoms with E-state index in [0.717, 1.165) is 31.3 Å². The summed E-state index contributed by atoms with van der Waals surface area (Å²) in [6.45, 7) is 9.63. The van der Waals surface area contributed by atoms with Crippen LogP contribution in [0.2, 0.25) is 0 Å². The Morgan fingerprint density at radius 1 is 1.35 bits per heavy atom. The van der Waals surface area contributed by atoms with Crippen LogP contribution in [0.4, 0.5) is 0 Å². The molecule has 0 aromatic heterocycles. The second-order valence-corrected chi connectivity index (χ2v) is 7.38. The molecule has 0 aromatic rings. The van der Waals surface area contributed by atoms with Crippen LogP contribution in [-0.2, 0) is 9.53 Å². The van der Waals surface area contributed by atoms with Gasteiger partial charge in [-0.15, -0.1) is 0 Å². The molecule has 0 heterocycles. The number of hydrogen-bond acceptors (Lipinski definition) is 3. The Kier molecular flexibility index (Phi) is 11.5. The summed E-state index contributed by atoms with van der Waals surface area (Å²) in [6, 6.07) is 0. The zero-order valence-corrected chi connectivity index (χ0v) is 17.2. The average Bonchev–Trinajstić information content (AvgIpc) is 2.36. The van der Waals surface area contributed by atoms with Crippen LogP contribution < -0.4 is 0 Å². The van der Waals surface area contributed by atoms with Crippen molar-refractivity contribution in [2.45, 2.75) is 72.0 Å². The van der Waals surface area contributed by atoms with Crippen LogP contribution in [0.15, 0.2) is 34.0 Å². The fraction of sp³-hybridized carbons (Fsp3) is 0.632. The number of rotatable bonds is 10. The number of halogens is 1. The lowest BCUT2D eigenvalue weighted by Crippen LogP contribution is -2.20. The highest BCUT2D eigenvalue weighted by atomic mass is 127. The number of carbonyl (C=O) groups excluding carboxylic acids is 1. The molecule has 0 saturated carbocycles. The van der Waals surface area contributed by atoms with Gasteiger partial charge in [0.1, 0.15) is 0 Å². The Morgan fingerprint density at radius 2 is 2.00 bits per heavy atom. The second kappa shape index (κ2) is 11.8. The predicted octanol–water partition coefficient (Wildman–Crippen LogP) is 5.34. The summed E-state index contributed by atoms with van der Waals surface area (Å²) >= 11 is 2.13. The predicted molar refractivity (Wildman–Crippen MR) is 106 cm³/mol. The van der Waals surface area contributed by atoms with E-state index in [-0.39, 0.29) is 12.1 Å². The van der Waals surface area contributed by atoms with E-state index >= 15 is 0 Å². The summed E-state index contributed by atoms with van der Waals surface area (Å²) in [5.41, 5.74) is 0.199. The van der Waals surface area contributed by atoms with Crippen LogP contribution in [-0.4, -0.2) is 22.8 Å². The van der Waals surface area contributed by atoms with Crippen molar-refractivity contribution in [2.75, 3.05) is 0 Å². The first kappa shape index (κ1) is 22.4. The van der Waals surface area contributed by atoms with Gasteiger partial charge in [0, 0.05) is 6.08 Å². The molecule has 0 fully saturated rings. The molecule has 0 aromatic carbocycles. The van der Waals surface area contributed by atoms with Gasteiger partial charge in [-0.25, -0.2) is 4.79 Å². The number of allylic oxidation sites excluding steroid dienone is 3. The van der Waals surface area contributed by atoms with E-state index in [0.29, 0.717) is 5.92 Å². The smallest absolute Gasteiger partial charge is 0.331 e. The third-order valence-corrected chi connectivity index (χ3v) is 3.78. The summed E-state index contributed by atoms with van der Waals surface area (Å²) in [4.78, 5) is 11.5. The quantitative estimate of drug-likeness (QED) is 0.219. The zero-order valence-electron chi connectivity index (χ0n) is 15.0. The summed E-state index contributed by atoms with van der Waals surface area (Å²) in [5.74, 6) is 0.266. The van der Waals surface area contributed by atoms with Crippen LogP contribution in [0, 0.1) is 5.92 Å². The minimum absolute atomic E-state index is 0.0881. The molecule has 0 aliphatic rings. The molecule has 0 radical (unpaired) electrons. The molecule has 1 N–H and O–H groups in total. The van der Waals surface area contributed by atoms with Crippen LogP contribution in [0.1, 0.15) is 60.3 Å². The van der Waals surface area contributed by atoms with Crippen molar-refractivity contribution >= 4 is 28.6 Å². The highest BCUT2D eigenvalue weighted by Gasteiger charge is 2.15. The molecule has 132 valence electrons. The topological polar surface area (TPSA) is 46.5 Å². The van der Waals surface area contributed by atoms with Gasteiger partial charge in [-0.05, 0) is 68.6 Å². The summed E-state index contributed by atoms with van der Waals surface area (Å²) in [7, 11) is 0. The third kappa shape index (κ3) is 13.5. The molecule has 0 rings (SSSR count). The van der Waals surface area contributed by atoms with Crippen LogP contribution in [0.25, 0.3) is 0 Å². The molecule has 23 heavy (non-hydrogen) atoms. The van der Waals surface area contributed by atoms with E-state index in [1.165, 1.54) is 6.08 Å². The standard InChI is InChI=1S/C19H31IO3/c1-15(2)23-18(21)14-17(4)9-6-8-16(3)10-7-11-19(5,22)12-13-20/h6,9,12-16,22H,7-8,10-11H2,1-5H3/b9-6+,13-12+,17-14+. The van der Waals surface area contributed by atoms with Crippen LogP contribution in [0.5, 0.6) is 0 Å². The molecule has 0 spiro atoms. The maximum absolute atomic E-state index is 11.5. The second-order valence-electron chi connectivity index (χ2n) is 6.66. The molecule has 2 unspecified atom stereocenters. The Labute approximate surface area is 155 Å². The van der Waals surface area contributed by atoms with Gasteiger partial charge in [0.05, 0.1) is 11.7 Å². The normalized spacial score (nSPS) is 17.0. The Bertz CT molecular complexity index is 434. The molecule has 0 aliphatic heterocycles. The maximum atomic E-state index is 11.5. The molecule has 0 saturated heterocycles. The highest BCUT2D eigenvalue weighted by molar-refractivity contribution is 14.1. The zero-order chi connectivity index (χ0) is 17.9. The minimum Gasteiger partial charge on any atom is -0.460 e. The van der Waals surface area contributed by atoms with Gasteiger partial charge in [-0.1, -0.05) is 48.1 Å². The van der Waals surface area contributed by atoms with Crippen molar-refractivity contribution in [1.29, 1.82) is 0 Å². The van der Waals surface area contributed by atoms with E-state index in [9.17, 15) is 9.90 Å². The number of esters is 1. The lowest BCUT2D eigenvalue weighted by Gasteiger charge is -2.19. The van der Waals surface area contributed by atoms with Gasteiger partial charge in [-0.3, -0.25) is 0 Å². The first-order chi connectivity index (χ1) is 10.7. The highest BCUT2D eigenvalue weighted by Crippen LogP contribution is 2.20. The van der Waals surface area contributed by atoms with Gasteiger partial charge in [0.2, 0.25) is 0 Å². The Balaban J connectivity index is 4.11. The first-order valence-electron chi connectivity index (χ1n) is 8.22. The molecule has 0 bridgehead atoms. The number of ether oxygens (including phenoxy) is 1. The van der Waals surface area contributed by atoms with E-state index in [4.69, 9.17) is 4.74 Å². The Morgan fingerprint density at radius 3 is 2.57 bits per heavy atom. The molecule has 4 heteroatoms. The fourth-order valence-electron chi connectivity index (χ4n) is 2.13. The molecular weight excluding hydrogens is 403 g/mol. The Hall–Kier alpha value is -0.620. The fourth-order valence-corrected chi connectivity index (χ4v) is 2.91. The third-order valence-electron chi connectivity index (χ3n) is 3.42. The molecular formula is C19H31IO3. The lowest BCUT2D eigenvalue weighted by atomic mass is 9.94. The van der Waals surface area contributed by atoms with Gasteiger partial charge in [0.25, 0.3) is 0 Å². The molecule has 0 aliphatic carbocycles. The maximum Gasteiger partial charge on any atom is 0.331 e. The van der Waals surface area contributed by atoms with Crippen LogP contribution >= 0.6 is 22.6 Å². The number of hydrogen-bond donors (Lipinski definition) is 1. The van der Waals surface area contributed by atoms with Crippen molar-refractivity contribution in [3.05, 3.63) is 34.0 Å². The number of aliphatic hydroxyl groups is 1. The van der Waals surface area contributed by atoms with Gasteiger partial charge < -0.3 is 9.84 Å². The molecule has 3 nitrogen and oxygen atoms in total. The summed E-state index contributed by atoms with van der Waals surface area (Å²) in [5, 5.41) is 10.1. The van der Waals surface area contributed by atoms with Crippen molar-refractivity contribution in [3.8, 4) is 0 Å². The summed E-state index contributed by atoms with van der Waals surface area (Å²) in [6.07, 6.45) is 11.2.